The molecule has 0 aliphatic rings. The van der Waals surface area contributed by atoms with Gasteiger partial charge in [-0.05, 0) is 55.2 Å². The van der Waals surface area contributed by atoms with E-state index in [0.29, 0.717) is 12.2 Å². The Morgan fingerprint density at radius 1 is 1.10 bits per heavy atom. The number of rotatable bonds is 4. The third kappa shape index (κ3) is 3.61. The highest BCUT2D eigenvalue weighted by Gasteiger charge is 2.15. The van der Waals surface area contributed by atoms with Gasteiger partial charge in [0.15, 0.2) is 0 Å². The Balaban J connectivity index is 2.24. The molecule has 0 aliphatic heterocycles. The van der Waals surface area contributed by atoms with Gasteiger partial charge in [0.25, 0.3) is 5.69 Å². The molecule has 2 aromatic rings. The van der Waals surface area contributed by atoms with E-state index in [2.05, 4.69) is 21.2 Å². The van der Waals surface area contributed by atoms with Crippen molar-refractivity contribution in [1.82, 2.24) is 0 Å². The summed E-state index contributed by atoms with van der Waals surface area (Å²) in [6, 6.07) is 9.50. The predicted octanol–water partition coefficient (Wildman–Crippen LogP) is 4.89. The minimum absolute atomic E-state index is 0.115. The maximum atomic E-state index is 11.2. The van der Waals surface area contributed by atoms with E-state index in [9.17, 15) is 10.1 Å². The van der Waals surface area contributed by atoms with Crippen LogP contribution in [-0.2, 0) is 6.54 Å². The largest absolute Gasteiger partial charge is 0.375 e. The number of hydrogen-bond acceptors (Lipinski definition) is 3. The molecule has 110 valence electrons. The molecule has 4 nitrogen and oxygen atoms in total. The van der Waals surface area contributed by atoms with Gasteiger partial charge in [0.1, 0.15) is 5.69 Å². The molecule has 0 aliphatic carbocycles. The number of hydrogen-bond donors (Lipinski definition) is 1. The van der Waals surface area contributed by atoms with E-state index in [1.807, 2.05) is 45.0 Å². The Morgan fingerprint density at radius 2 is 1.76 bits per heavy atom. The highest BCUT2D eigenvalue weighted by Crippen LogP contribution is 2.28. The molecule has 0 heterocycles. The average molecular weight is 349 g/mol. The van der Waals surface area contributed by atoms with Crippen molar-refractivity contribution in [2.75, 3.05) is 5.32 Å². The molecule has 0 bridgehead atoms. The normalized spacial score (nSPS) is 10.5. The molecule has 0 unspecified atom stereocenters. The van der Waals surface area contributed by atoms with Crippen LogP contribution in [0.5, 0.6) is 0 Å². The van der Waals surface area contributed by atoms with Gasteiger partial charge >= 0.3 is 0 Å². The quantitative estimate of drug-likeness (QED) is 0.631. The van der Waals surface area contributed by atoms with Gasteiger partial charge < -0.3 is 5.32 Å². The summed E-state index contributed by atoms with van der Waals surface area (Å²) in [6.07, 6.45) is 0. The summed E-state index contributed by atoms with van der Waals surface area (Å²) in [5.74, 6) is 0. The van der Waals surface area contributed by atoms with Crippen LogP contribution in [-0.4, -0.2) is 4.92 Å². The van der Waals surface area contributed by atoms with Crippen molar-refractivity contribution < 1.29 is 4.92 Å². The fourth-order valence-corrected chi connectivity index (χ4v) is 2.46. The molecule has 0 aromatic heterocycles. The number of benzene rings is 2. The number of nitro benzene ring substituents is 1. The molecule has 2 rings (SSSR count). The van der Waals surface area contributed by atoms with Gasteiger partial charge in [0, 0.05) is 17.1 Å². The highest BCUT2D eigenvalue weighted by molar-refractivity contribution is 9.10. The van der Waals surface area contributed by atoms with Crippen molar-refractivity contribution in [3.63, 3.8) is 0 Å². The second-order valence-electron chi connectivity index (χ2n) is 5.15. The summed E-state index contributed by atoms with van der Waals surface area (Å²) in [4.78, 5) is 10.8. The van der Waals surface area contributed by atoms with Crippen molar-refractivity contribution >= 4 is 27.3 Å². The Bertz CT molecular complexity index is 699. The van der Waals surface area contributed by atoms with E-state index >= 15 is 0 Å². The fourth-order valence-electron chi connectivity index (χ4n) is 2.04. The van der Waals surface area contributed by atoms with Crippen LogP contribution in [0.1, 0.15) is 22.3 Å². The molecule has 0 spiro atoms. The summed E-state index contributed by atoms with van der Waals surface area (Å²) < 4.78 is 1.04. The number of nitrogens with one attached hydrogen (secondary N) is 1. The number of halogens is 1. The van der Waals surface area contributed by atoms with Crippen LogP contribution in [0.15, 0.2) is 34.8 Å². The van der Waals surface area contributed by atoms with Crippen molar-refractivity contribution in [2.45, 2.75) is 27.3 Å². The van der Waals surface area contributed by atoms with E-state index in [-0.39, 0.29) is 10.6 Å². The summed E-state index contributed by atoms with van der Waals surface area (Å²) >= 11 is 3.50. The van der Waals surface area contributed by atoms with E-state index in [1.165, 1.54) is 0 Å². The third-order valence-corrected chi connectivity index (χ3v) is 4.38. The van der Waals surface area contributed by atoms with Gasteiger partial charge in [0.2, 0.25) is 0 Å². The topological polar surface area (TPSA) is 55.2 Å². The minimum atomic E-state index is -0.347. The molecular formula is C16H17BrN2O2. The molecule has 5 heteroatoms. The number of nitrogens with zero attached hydrogens (tertiary/aromatic N) is 1. The Hall–Kier alpha value is -1.88. The SMILES string of the molecule is Cc1cc(NCc2ccc(C)c(Br)c2)c([N+](=O)[O-])cc1C. The molecule has 2 aromatic carbocycles. The van der Waals surface area contributed by atoms with Gasteiger partial charge in [-0.1, -0.05) is 28.1 Å². The monoisotopic (exact) mass is 348 g/mol. The van der Waals surface area contributed by atoms with E-state index < -0.39 is 0 Å². The first-order valence-electron chi connectivity index (χ1n) is 6.63. The van der Waals surface area contributed by atoms with Gasteiger partial charge in [-0.25, -0.2) is 0 Å². The first-order valence-corrected chi connectivity index (χ1v) is 7.42. The number of nitro groups is 1. The van der Waals surface area contributed by atoms with E-state index in [0.717, 1.165) is 26.7 Å². The zero-order valence-electron chi connectivity index (χ0n) is 12.2. The van der Waals surface area contributed by atoms with Gasteiger partial charge in [-0.3, -0.25) is 10.1 Å². The second kappa shape index (κ2) is 6.26. The Morgan fingerprint density at radius 3 is 2.38 bits per heavy atom. The van der Waals surface area contributed by atoms with Crippen LogP contribution in [0, 0.1) is 30.9 Å². The summed E-state index contributed by atoms with van der Waals surface area (Å²) in [5.41, 5.74) is 4.86. The van der Waals surface area contributed by atoms with Crippen LogP contribution < -0.4 is 5.32 Å². The van der Waals surface area contributed by atoms with Gasteiger partial charge in [0.05, 0.1) is 4.92 Å². The lowest BCUT2D eigenvalue weighted by atomic mass is 10.1. The van der Waals surface area contributed by atoms with Crippen LogP contribution >= 0.6 is 15.9 Å². The van der Waals surface area contributed by atoms with Crippen molar-refractivity contribution in [2.24, 2.45) is 0 Å². The zero-order valence-corrected chi connectivity index (χ0v) is 13.8. The van der Waals surface area contributed by atoms with E-state index in [1.54, 1.807) is 6.07 Å². The Kier molecular flexibility index (Phi) is 4.63. The van der Waals surface area contributed by atoms with Gasteiger partial charge in [-0.2, -0.15) is 0 Å². The molecule has 0 saturated carbocycles. The number of anilines is 1. The molecule has 21 heavy (non-hydrogen) atoms. The number of aryl methyl sites for hydroxylation is 3. The zero-order chi connectivity index (χ0) is 15.6. The highest BCUT2D eigenvalue weighted by atomic mass is 79.9. The van der Waals surface area contributed by atoms with Crippen LogP contribution in [0.25, 0.3) is 0 Å². The first kappa shape index (κ1) is 15.5. The lowest BCUT2D eigenvalue weighted by molar-refractivity contribution is -0.384. The maximum Gasteiger partial charge on any atom is 0.292 e. The smallest absolute Gasteiger partial charge is 0.292 e. The molecule has 0 radical (unpaired) electrons. The molecule has 0 saturated heterocycles. The summed E-state index contributed by atoms with van der Waals surface area (Å²) in [6.45, 7) is 6.40. The summed E-state index contributed by atoms with van der Waals surface area (Å²) in [7, 11) is 0. The van der Waals surface area contributed by atoms with Crippen LogP contribution in [0.4, 0.5) is 11.4 Å². The van der Waals surface area contributed by atoms with Crippen LogP contribution in [0.2, 0.25) is 0 Å². The standard InChI is InChI=1S/C16H17BrN2O2/c1-10-4-5-13(8-14(10)17)9-18-15-6-11(2)12(3)7-16(15)19(20)21/h4-8,18H,9H2,1-3H3. The molecule has 0 fully saturated rings. The lowest BCUT2D eigenvalue weighted by Crippen LogP contribution is -2.04. The third-order valence-electron chi connectivity index (χ3n) is 3.53. The first-order chi connectivity index (χ1) is 9.88. The second-order valence-corrected chi connectivity index (χ2v) is 6.00. The summed E-state index contributed by atoms with van der Waals surface area (Å²) in [5, 5.41) is 14.3. The van der Waals surface area contributed by atoms with Crippen LogP contribution in [0.3, 0.4) is 0 Å². The maximum absolute atomic E-state index is 11.2. The fraction of sp³-hybridized carbons (Fsp3) is 0.250. The molecule has 1 N–H and O–H groups in total. The van der Waals surface area contributed by atoms with Crippen molar-refractivity contribution in [1.29, 1.82) is 0 Å². The van der Waals surface area contributed by atoms with Crippen molar-refractivity contribution in [3.8, 4) is 0 Å². The molecular weight excluding hydrogens is 332 g/mol. The molecule has 0 amide bonds. The Labute approximate surface area is 132 Å². The average Bonchev–Trinajstić information content (AvgIpc) is 2.43. The van der Waals surface area contributed by atoms with E-state index in [4.69, 9.17) is 0 Å². The molecule has 0 atom stereocenters. The minimum Gasteiger partial charge on any atom is -0.375 e. The predicted molar refractivity (Wildman–Crippen MR) is 88.8 cm³/mol. The lowest BCUT2D eigenvalue weighted by Gasteiger charge is -2.10. The van der Waals surface area contributed by atoms with Crippen molar-refractivity contribution in [3.05, 3.63) is 67.2 Å². The van der Waals surface area contributed by atoms with Gasteiger partial charge in [-0.15, -0.1) is 0 Å².